The molecule has 1 amide bonds. The highest BCUT2D eigenvalue weighted by Gasteiger charge is 2.21. The second-order valence-electron chi connectivity index (χ2n) is 7.48. The van der Waals surface area contributed by atoms with Crippen LogP contribution in [-0.4, -0.2) is 48.6 Å². The van der Waals surface area contributed by atoms with Gasteiger partial charge in [0.25, 0.3) is 5.56 Å². The van der Waals surface area contributed by atoms with Crippen LogP contribution in [0.15, 0.2) is 75.4 Å². The van der Waals surface area contributed by atoms with Crippen molar-refractivity contribution in [2.75, 3.05) is 17.7 Å². The smallest absolute Gasteiger partial charge is 0.329 e. The molecule has 2 aromatic carbocycles. The van der Waals surface area contributed by atoms with E-state index in [9.17, 15) is 19.5 Å². The molecule has 0 spiro atoms. The van der Waals surface area contributed by atoms with E-state index in [1.54, 1.807) is 24.3 Å². The zero-order valence-electron chi connectivity index (χ0n) is 18.3. The SMILES string of the molecule is Cn1c(=O)[nH]c(=O)c2c1nc(SCC(=O)Nc1ccccc1)n2CC(O)COc1ccccc1. The van der Waals surface area contributed by atoms with Crippen molar-refractivity contribution in [2.45, 2.75) is 17.8 Å². The van der Waals surface area contributed by atoms with Crippen LogP contribution in [0.2, 0.25) is 0 Å². The molecule has 0 aliphatic rings. The van der Waals surface area contributed by atoms with Gasteiger partial charge < -0.3 is 19.7 Å². The van der Waals surface area contributed by atoms with Gasteiger partial charge in [-0.15, -0.1) is 0 Å². The highest BCUT2D eigenvalue weighted by molar-refractivity contribution is 7.99. The third-order valence-corrected chi connectivity index (χ3v) is 5.92. The fourth-order valence-corrected chi connectivity index (χ4v) is 4.12. The van der Waals surface area contributed by atoms with Gasteiger partial charge in [-0.1, -0.05) is 48.2 Å². The van der Waals surface area contributed by atoms with Crippen molar-refractivity contribution in [2.24, 2.45) is 7.05 Å². The molecule has 0 aliphatic heterocycles. The first-order valence-electron chi connectivity index (χ1n) is 10.5. The number of nitrogens with one attached hydrogen (secondary N) is 2. The third-order valence-electron chi connectivity index (χ3n) is 4.94. The summed E-state index contributed by atoms with van der Waals surface area (Å²) in [5, 5.41) is 13.7. The van der Waals surface area contributed by atoms with Gasteiger partial charge in [0.15, 0.2) is 16.3 Å². The zero-order valence-corrected chi connectivity index (χ0v) is 19.1. The maximum atomic E-state index is 12.6. The van der Waals surface area contributed by atoms with Gasteiger partial charge in [-0.25, -0.2) is 9.78 Å². The van der Waals surface area contributed by atoms with Crippen LogP contribution in [0, 0.1) is 0 Å². The number of imidazole rings is 1. The molecule has 0 saturated carbocycles. The number of aliphatic hydroxyl groups excluding tert-OH is 1. The van der Waals surface area contributed by atoms with E-state index in [2.05, 4.69) is 15.3 Å². The third kappa shape index (κ3) is 5.38. The largest absolute Gasteiger partial charge is 0.491 e. The average Bonchev–Trinajstić information content (AvgIpc) is 3.20. The standard InChI is InChI=1S/C23H23N5O5S/c1-27-20-19(21(31)26-22(27)32)28(12-16(29)13-33-17-10-6-3-7-11-17)23(25-20)34-14-18(30)24-15-8-4-2-5-9-15/h2-11,16,29H,12-14H2,1H3,(H,24,30)(H,26,31,32). The molecule has 4 aromatic rings. The number of carbonyl (C=O) groups excluding carboxylic acids is 1. The second-order valence-corrected chi connectivity index (χ2v) is 8.42. The van der Waals surface area contributed by atoms with E-state index in [0.717, 1.165) is 11.8 Å². The molecule has 0 saturated heterocycles. The maximum Gasteiger partial charge on any atom is 0.329 e. The van der Waals surface area contributed by atoms with Crippen LogP contribution in [0.5, 0.6) is 5.75 Å². The molecule has 176 valence electrons. The summed E-state index contributed by atoms with van der Waals surface area (Å²) in [6.45, 7) is -0.0424. The van der Waals surface area contributed by atoms with Crippen molar-refractivity contribution in [3.8, 4) is 5.75 Å². The average molecular weight is 482 g/mol. The van der Waals surface area contributed by atoms with Crippen molar-refractivity contribution in [1.29, 1.82) is 0 Å². The lowest BCUT2D eigenvalue weighted by atomic mass is 10.3. The fraction of sp³-hybridized carbons (Fsp3) is 0.217. The number of aliphatic hydroxyl groups is 1. The number of amides is 1. The van der Waals surface area contributed by atoms with Crippen LogP contribution < -0.4 is 21.3 Å². The number of fused-ring (bicyclic) bond motifs is 1. The van der Waals surface area contributed by atoms with Gasteiger partial charge in [-0.3, -0.25) is 19.1 Å². The molecule has 0 bridgehead atoms. The van der Waals surface area contributed by atoms with Crippen LogP contribution in [0.3, 0.4) is 0 Å². The van der Waals surface area contributed by atoms with E-state index in [4.69, 9.17) is 4.74 Å². The minimum Gasteiger partial charge on any atom is -0.491 e. The topological polar surface area (TPSA) is 131 Å². The number of H-pyrrole nitrogens is 1. The Morgan fingerprint density at radius 2 is 1.82 bits per heavy atom. The monoisotopic (exact) mass is 481 g/mol. The lowest BCUT2D eigenvalue weighted by molar-refractivity contribution is -0.113. The van der Waals surface area contributed by atoms with E-state index in [1.807, 2.05) is 36.4 Å². The van der Waals surface area contributed by atoms with Crippen LogP contribution in [0.1, 0.15) is 0 Å². The summed E-state index contributed by atoms with van der Waals surface area (Å²) in [7, 11) is 1.49. The molecule has 2 aromatic heterocycles. The number of aromatic amines is 1. The van der Waals surface area contributed by atoms with Crippen molar-refractivity contribution < 1.29 is 14.6 Å². The Bertz CT molecular complexity index is 1400. The lowest BCUT2D eigenvalue weighted by Crippen LogP contribution is -2.30. The van der Waals surface area contributed by atoms with Crippen molar-refractivity contribution in [3.05, 3.63) is 81.5 Å². The van der Waals surface area contributed by atoms with E-state index in [1.165, 1.54) is 16.2 Å². The van der Waals surface area contributed by atoms with Gasteiger partial charge in [-0.2, -0.15) is 0 Å². The molecular formula is C23H23N5O5S. The first kappa shape index (κ1) is 23.3. The number of aromatic nitrogens is 4. The van der Waals surface area contributed by atoms with Gasteiger partial charge in [0, 0.05) is 12.7 Å². The van der Waals surface area contributed by atoms with Crippen LogP contribution >= 0.6 is 11.8 Å². The number of rotatable bonds is 9. The summed E-state index contributed by atoms with van der Waals surface area (Å²) >= 11 is 1.10. The molecule has 0 fully saturated rings. The number of carbonyl (C=O) groups is 1. The van der Waals surface area contributed by atoms with Gasteiger partial charge in [0.2, 0.25) is 5.91 Å². The first-order valence-corrected chi connectivity index (χ1v) is 11.4. The number of hydrogen-bond acceptors (Lipinski definition) is 7. The predicted octanol–water partition coefficient (Wildman–Crippen LogP) is 1.59. The number of ether oxygens (including phenoxy) is 1. The quantitative estimate of drug-likeness (QED) is 0.310. The number of aryl methyl sites for hydroxylation is 1. The highest BCUT2D eigenvalue weighted by Crippen LogP contribution is 2.22. The fourth-order valence-electron chi connectivity index (χ4n) is 3.32. The van der Waals surface area contributed by atoms with Gasteiger partial charge in [0.1, 0.15) is 18.5 Å². The molecule has 11 heteroatoms. The van der Waals surface area contributed by atoms with Gasteiger partial charge >= 0.3 is 5.69 Å². The molecule has 1 atom stereocenters. The van der Waals surface area contributed by atoms with Gasteiger partial charge in [0.05, 0.1) is 12.3 Å². The first-order chi connectivity index (χ1) is 16.4. The molecule has 1 unspecified atom stereocenters. The number of para-hydroxylation sites is 2. The number of anilines is 1. The summed E-state index contributed by atoms with van der Waals surface area (Å²) < 4.78 is 8.33. The Morgan fingerprint density at radius 3 is 2.53 bits per heavy atom. The number of thioether (sulfide) groups is 1. The van der Waals surface area contributed by atoms with Crippen molar-refractivity contribution in [1.82, 2.24) is 19.1 Å². The predicted molar refractivity (Wildman–Crippen MR) is 129 cm³/mol. The van der Waals surface area contributed by atoms with E-state index >= 15 is 0 Å². The van der Waals surface area contributed by atoms with Crippen molar-refractivity contribution >= 4 is 34.5 Å². The minimum atomic E-state index is -0.980. The molecule has 2 heterocycles. The molecule has 4 rings (SSSR count). The number of hydrogen-bond donors (Lipinski definition) is 3. The Hall–Kier alpha value is -3.83. The number of nitrogens with zero attached hydrogens (tertiary/aromatic N) is 3. The summed E-state index contributed by atoms with van der Waals surface area (Å²) in [6.07, 6.45) is -0.980. The maximum absolute atomic E-state index is 12.6. The summed E-state index contributed by atoms with van der Waals surface area (Å²) in [6, 6.07) is 18.1. The Labute approximate surface area is 198 Å². The summed E-state index contributed by atoms with van der Waals surface area (Å²) in [5.74, 6) is 0.357. The van der Waals surface area contributed by atoms with E-state index in [0.29, 0.717) is 16.6 Å². The molecule has 10 nitrogen and oxygen atoms in total. The Kier molecular flexibility index (Phi) is 7.14. The van der Waals surface area contributed by atoms with Crippen LogP contribution in [-0.2, 0) is 18.4 Å². The summed E-state index contributed by atoms with van der Waals surface area (Å²) in [4.78, 5) is 43.7. The molecular weight excluding hydrogens is 458 g/mol. The summed E-state index contributed by atoms with van der Waals surface area (Å²) in [5.41, 5.74) is -0.271. The Balaban J connectivity index is 1.56. The van der Waals surface area contributed by atoms with Crippen LogP contribution in [0.4, 0.5) is 5.69 Å². The zero-order chi connectivity index (χ0) is 24.1. The molecule has 3 N–H and O–H groups in total. The lowest BCUT2D eigenvalue weighted by Gasteiger charge is -2.15. The van der Waals surface area contributed by atoms with E-state index < -0.39 is 17.4 Å². The van der Waals surface area contributed by atoms with Crippen LogP contribution in [0.25, 0.3) is 11.2 Å². The second kappa shape index (κ2) is 10.4. The minimum absolute atomic E-state index is 0.0146. The van der Waals surface area contributed by atoms with Gasteiger partial charge in [-0.05, 0) is 24.3 Å². The molecule has 0 radical (unpaired) electrons. The number of benzene rings is 2. The molecule has 34 heavy (non-hydrogen) atoms. The molecule has 0 aliphatic carbocycles. The highest BCUT2D eigenvalue weighted by atomic mass is 32.2. The normalized spacial score (nSPS) is 11.9. The van der Waals surface area contributed by atoms with Crippen molar-refractivity contribution in [3.63, 3.8) is 0 Å². The van der Waals surface area contributed by atoms with E-state index in [-0.39, 0.29) is 36.0 Å². The Morgan fingerprint density at radius 1 is 1.15 bits per heavy atom.